The van der Waals surface area contributed by atoms with Crippen molar-refractivity contribution in [2.75, 3.05) is 44.2 Å². The zero-order valence-electron chi connectivity index (χ0n) is 13.8. The Kier molecular flexibility index (Phi) is 5.08. The zero-order valence-corrected chi connectivity index (χ0v) is 13.8. The van der Waals surface area contributed by atoms with Crippen LogP contribution in [0, 0.1) is 0 Å². The van der Waals surface area contributed by atoms with Gasteiger partial charge in [-0.25, -0.2) is 0 Å². The number of carbonyl (C=O) groups excluding carboxylic acids is 2. The van der Waals surface area contributed by atoms with Gasteiger partial charge in [0.2, 0.25) is 5.91 Å². The van der Waals surface area contributed by atoms with E-state index in [2.05, 4.69) is 10.2 Å². The molecule has 1 aromatic carbocycles. The average molecular weight is 315 g/mol. The van der Waals surface area contributed by atoms with Crippen molar-refractivity contribution >= 4 is 17.4 Å². The largest absolute Gasteiger partial charge is 0.315 e. The fourth-order valence-electron chi connectivity index (χ4n) is 3.43. The van der Waals surface area contributed by atoms with Crippen molar-refractivity contribution in [3.8, 4) is 0 Å². The molecule has 0 radical (unpaired) electrons. The summed E-state index contributed by atoms with van der Waals surface area (Å²) in [6.45, 7) is 7.31. The Balaban J connectivity index is 1.61. The Morgan fingerprint density at radius 3 is 2.87 bits per heavy atom. The molecule has 0 atom stereocenters. The number of fused-ring (bicyclic) bond motifs is 1. The number of carbonyl (C=O) groups is 2. The van der Waals surface area contributed by atoms with Crippen LogP contribution in [0.15, 0.2) is 18.2 Å². The van der Waals surface area contributed by atoms with Gasteiger partial charge < -0.3 is 15.1 Å². The van der Waals surface area contributed by atoms with Gasteiger partial charge in [0.05, 0.1) is 0 Å². The predicted molar refractivity (Wildman–Crippen MR) is 91.0 cm³/mol. The number of benzene rings is 1. The van der Waals surface area contributed by atoms with Gasteiger partial charge in [0.25, 0.3) is 0 Å². The third-order valence-corrected chi connectivity index (χ3v) is 4.76. The molecule has 0 unspecified atom stereocenters. The second-order valence-electron chi connectivity index (χ2n) is 6.38. The molecule has 1 N–H and O–H groups in total. The van der Waals surface area contributed by atoms with Gasteiger partial charge in [-0.15, -0.1) is 0 Å². The van der Waals surface area contributed by atoms with Gasteiger partial charge in [-0.3, -0.25) is 9.59 Å². The normalized spacial score (nSPS) is 18.6. The quantitative estimate of drug-likeness (QED) is 0.855. The summed E-state index contributed by atoms with van der Waals surface area (Å²) in [4.78, 5) is 28.2. The number of Topliss-reactive ketones (excluding diaryl/α,β-unsaturated/α-hetero) is 1. The van der Waals surface area contributed by atoms with Crippen LogP contribution in [0.25, 0.3) is 0 Å². The Labute approximate surface area is 137 Å². The molecule has 1 fully saturated rings. The van der Waals surface area contributed by atoms with Gasteiger partial charge >= 0.3 is 0 Å². The molecule has 0 bridgehead atoms. The molecule has 3 rings (SSSR count). The highest BCUT2D eigenvalue weighted by Crippen LogP contribution is 2.29. The Morgan fingerprint density at radius 2 is 2.04 bits per heavy atom. The maximum absolute atomic E-state index is 12.5. The van der Waals surface area contributed by atoms with Crippen LogP contribution in [0.1, 0.15) is 35.7 Å². The first-order chi connectivity index (χ1) is 11.1. The molecule has 2 aliphatic heterocycles. The summed E-state index contributed by atoms with van der Waals surface area (Å²) in [6.07, 6.45) is 2.55. The monoisotopic (exact) mass is 315 g/mol. The molecule has 0 spiro atoms. The van der Waals surface area contributed by atoms with E-state index in [9.17, 15) is 9.59 Å². The Bertz CT molecular complexity index is 592. The van der Waals surface area contributed by atoms with Crippen LogP contribution in [0.3, 0.4) is 0 Å². The highest BCUT2D eigenvalue weighted by atomic mass is 16.2. The smallest absolute Gasteiger partial charge is 0.223 e. The number of nitrogens with zero attached hydrogens (tertiary/aromatic N) is 2. The van der Waals surface area contributed by atoms with Crippen LogP contribution in [-0.4, -0.2) is 55.9 Å². The number of hydrogen-bond donors (Lipinski definition) is 1. The van der Waals surface area contributed by atoms with Crippen molar-refractivity contribution in [1.29, 1.82) is 0 Å². The SMILES string of the molecule is CC(=O)N1CCc2cc(C(=O)CCN3CCCNCC3)ccc21. The lowest BCUT2D eigenvalue weighted by Gasteiger charge is -2.19. The second-order valence-corrected chi connectivity index (χ2v) is 6.38. The van der Waals surface area contributed by atoms with E-state index in [0.717, 1.165) is 68.9 Å². The topological polar surface area (TPSA) is 52.7 Å². The summed E-state index contributed by atoms with van der Waals surface area (Å²) >= 11 is 0. The lowest BCUT2D eigenvalue weighted by atomic mass is 10.0. The van der Waals surface area contributed by atoms with Crippen LogP contribution in [0.4, 0.5) is 5.69 Å². The van der Waals surface area contributed by atoms with Crippen LogP contribution in [-0.2, 0) is 11.2 Å². The van der Waals surface area contributed by atoms with Gasteiger partial charge in [-0.1, -0.05) is 0 Å². The molecule has 1 aromatic rings. The van der Waals surface area contributed by atoms with E-state index in [4.69, 9.17) is 0 Å². The number of anilines is 1. The standard InChI is InChI=1S/C18H25N3O2/c1-14(22)21-11-5-15-13-16(3-4-17(15)21)18(23)6-10-20-9-2-7-19-8-12-20/h3-4,13,19H,2,5-12H2,1H3. The molecule has 5 nitrogen and oxygen atoms in total. The minimum atomic E-state index is 0.0672. The number of amides is 1. The summed E-state index contributed by atoms with van der Waals surface area (Å²) in [6, 6.07) is 5.77. The van der Waals surface area contributed by atoms with Crippen LogP contribution in [0.2, 0.25) is 0 Å². The third kappa shape index (κ3) is 3.79. The molecule has 0 aliphatic carbocycles. The first-order valence-electron chi connectivity index (χ1n) is 8.52. The van der Waals surface area contributed by atoms with E-state index in [1.54, 1.807) is 11.8 Å². The Hall–Kier alpha value is -1.72. The van der Waals surface area contributed by atoms with E-state index < -0.39 is 0 Å². The highest BCUT2D eigenvalue weighted by molar-refractivity contribution is 5.99. The van der Waals surface area contributed by atoms with Gasteiger partial charge in [-0.2, -0.15) is 0 Å². The number of nitrogens with one attached hydrogen (secondary N) is 1. The molecule has 124 valence electrons. The van der Waals surface area contributed by atoms with Crippen molar-refractivity contribution in [2.24, 2.45) is 0 Å². The summed E-state index contributed by atoms with van der Waals surface area (Å²) in [5.74, 6) is 0.267. The predicted octanol–water partition coefficient (Wildman–Crippen LogP) is 1.46. The van der Waals surface area contributed by atoms with Crippen molar-refractivity contribution in [3.05, 3.63) is 29.3 Å². The summed E-state index contributed by atoms with van der Waals surface area (Å²) in [5.41, 5.74) is 2.86. The fraction of sp³-hybridized carbons (Fsp3) is 0.556. The minimum absolute atomic E-state index is 0.0672. The van der Waals surface area contributed by atoms with Gasteiger partial charge in [0.15, 0.2) is 5.78 Å². The van der Waals surface area contributed by atoms with Crippen molar-refractivity contribution in [3.63, 3.8) is 0 Å². The molecule has 23 heavy (non-hydrogen) atoms. The molecule has 2 aliphatic rings. The van der Waals surface area contributed by atoms with Crippen molar-refractivity contribution < 1.29 is 9.59 Å². The summed E-state index contributed by atoms with van der Waals surface area (Å²) in [7, 11) is 0. The summed E-state index contributed by atoms with van der Waals surface area (Å²) < 4.78 is 0. The first kappa shape index (κ1) is 16.1. The van der Waals surface area contributed by atoms with Gasteiger partial charge in [0.1, 0.15) is 0 Å². The Morgan fingerprint density at radius 1 is 1.17 bits per heavy atom. The molecule has 5 heteroatoms. The van der Waals surface area contributed by atoms with E-state index in [0.29, 0.717) is 6.42 Å². The van der Waals surface area contributed by atoms with Gasteiger partial charge in [0, 0.05) is 50.8 Å². The molecule has 0 aromatic heterocycles. The second kappa shape index (κ2) is 7.23. The van der Waals surface area contributed by atoms with Crippen LogP contribution >= 0.6 is 0 Å². The molecular weight excluding hydrogens is 290 g/mol. The first-order valence-corrected chi connectivity index (χ1v) is 8.52. The minimum Gasteiger partial charge on any atom is -0.315 e. The zero-order chi connectivity index (χ0) is 16.2. The van der Waals surface area contributed by atoms with Crippen molar-refractivity contribution in [2.45, 2.75) is 26.2 Å². The van der Waals surface area contributed by atoms with Crippen LogP contribution in [0.5, 0.6) is 0 Å². The molecule has 2 heterocycles. The maximum Gasteiger partial charge on any atom is 0.223 e. The van der Waals surface area contributed by atoms with E-state index in [1.807, 2.05) is 18.2 Å². The third-order valence-electron chi connectivity index (χ3n) is 4.76. The van der Waals surface area contributed by atoms with E-state index >= 15 is 0 Å². The molecule has 1 amide bonds. The lowest BCUT2D eigenvalue weighted by molar-refractivity contribution is -0.116. The van der Waals surface area contributed by atoms with Crippen molar-refractivity contribution in [1.82, 2.24) is 10.2 Å². The fourth-order valence-corrected chi connectivity index (χ4v) is 3.43. The molecule has 1 saturated heterocycles. The van der Waals surface area contributed by atoms with E-state index in [1.165, 1.54) is 0 Å². The van der Waals surface area contributed by atoms with Crippen LogP contribution < -0.4 is 10.2 Å². The summed E-state index contributed by atoms with van der Waals surface area (Å²) in [5, 5.41) is 3.38. The average Bonchev–Trinajstić information content (AvgIpc) is 2.80. The number of hydrogen-bond acceptors (Lipinski definition) is 4. The number of rotatable bonds is 4. The highest BCUT2D eigenvalue weighted by Gasteiger charge is 2.23. The molecule has 0 saturated carbocycles. The van der Waals surface area contributed by atoms with Gasteiger partial charge in [-0.05, 0) is 49.7 Å². The van der Waals surface area contributed by atoms with E-state index in [-0.39, 0.29) is 11.7 Å². The maximum atomic E-state index is 12.5. The number of ketones is 1. The lowest BCUT2D eigenvalue weighted by Crippen LogP contribution is -2.30. The molecular formula is C18H25N3O2.